The standard InChI is InChI=1S/C29H31FN4O10.2Na/c1-13-18(24(28(39)40)34-20(13)9-21(34)35)12-43-29(41)33-6-5-32(11-15(33)4-7-44-42)25-19(30)8-16-23(22(25)14-2-3-14)31-10-17(26(16)36)27(37)38;;/h8,10,13-15,20,42H,2-7,9,11-12H2,1H3,(H,31,36)(H,37,38)(H,39,40);;/q;2*+1/p-2/t13-,15+,20-;;/m0../s1. The number of benzene rings is 1. The molecule has 0 bridgehead atoms. The van der Waals surface area contributed by atoms with Gasteiger partial charge < -0.3 is 49.6 Å². The van der Waals surface area contributed by atoms with Crippen LogP contribution in [0.15, 0.2) is 28.3 Å². The third kappa shape index (κ3) is 6.35. The van der Waals surface area contributed by atoms with Gasteiger partial charge in [-0.3, -0.25) is 9.59 Å². The number of pyridine rings is 1. The zero-order valence-electron chi connectivity index (χ0n) is 25.7. The Morgan fingerprint density at radius 1 is 1.17 bits per heavy atom. The quantitative estimate of drug-likeness (QED) is 0.113. The maximum Gasteiger partial charge on any atom is 1.00 e. The van der Waals surface area contributed by atoms with Gasteiger partial charge in [0, 0.05) is 55.7 Å². The van der Waals surface area contributed by atoms with Crippen LogP contribution in [0.2, 0.25) is 0 Å². The average molecular weight is 659 g/mol. The second-order valence-electron chi connectivity index (χ2n) is 11.6. The molecule has 17 heteroatoms. The van der Waals surface area contributed by atoms with Crippen LogP contribution in [-0.2, 0) is 19.2 Å². The van der Waals surface area contributed by atoms with Crippen molar-refractivity contribution in [1.82, 2.24) is 14.8 Å². The third-order valence-electron chi connectivity index (χ3n) is 9.13. The van der Waals surface area contributed by atoms with Gasteiger partial charge in [0.1, 0.15) is 18.0 Å². The van der Waals surface area contributed by atoms with E-state index in [-0.39, 0.29) is 151 Å². The number of rotatable bonds is 9. The molecule has 0 spiro atoms. The molecule has 1 aromatic carbocycles. The van der Waals surface area contributed by atoms with E-state index in [1.54, 1.807) is 11.8 Å². The van der Waals surface area contributed by atoms with Crippen LogP contribution in [0.1, 0.15) is 54.4 Å². The van der Waals surface area contributed by atoms with Gasteiger partial charge in [0.25, 0.3) is 0 Å². The second kappa shape index (κ2) is 14.3. The molecule has 1 saturated carbocycles. The second-order valence-corrected chi connectivity index (χ2v) is 11.6. The molecule has 4 heterocycles. The number of aromatic amines is 1. The molecule has 46 heavy (non-hydrogen) atoms. The van der Waals surface area contributed by atoms with E-state index in [4.69, 9.17) is 4.74 Å². The van der Waals surface area contributed by atoms with Crippen LogP contribution in [-0.4, -0.2) is 88.8 Å². The number of piperazine rings is 1. The summed E-state index contributed by atoms with van der Waals surface area (Å²) in [5, 5.41) is 32.0. The summed E-state index contributed by atoms with van der Waals surface area (Å²) >= 11 is 0. The molecular formula is C29H29FN4Na2O10. The number of amides is 2. The molecule has 3 atom stereocenters. The molecule has 234 valence electrons. The molecule has 2 N–H and O–H groups in total. The van der Waals surface area contributed by atoms with Gasteiger partial charge in [-0.05, 0) is 36.8 Å². The number of carboxylic acids is 2. The van der Waals surface area contributed by atoms with Crippen molar-refractivity contribution in [2.45, 2.75) is 50.6 Å². The number of carboxylic acid groups (broad SMARTS) is 2. The molecule has 4 aliphatic rings. The van der Waals surface area contributed by atoms with Gasteiger partial charge in [0.15, 0.2) is 0 Å². The van der Waals surface area contributed by atoms with Crippen molar-refractivity contribution in [3.8, 4) is 0 Å². The number of anilines is 1. The molecule has 1 aliphatic carbocycles. The summed E-state index contributed by atoms with van der Waals surface area (Å²) < 4.78 is 21.3. The van der Waals surface area contributed by atoms with Gasteiger partial charge in [0.2, 0.25) is 11.3 Å². The number of hydrogen-bond donors (Lipinski definition) is 2. The number of carbonyl (C=O) groups is 4. The normalized spacial score (nSPS) is 22.2. The van der Waals surface area contributed by atoms with Gasteiger partial charge >= 0.3 is 71.2 Å². The van der Waals surface area contributed by atoms with E-state index >= 15 is 4.39 Å². The van der Waals surface area contributed by atoms with E-state index in [1.165, 1.54) is 9.80 Å². The Morgan fingerprint density at radius 2 is 1.89 bits per heavy atom. The summed E-state index contributed by atoms with van der Waals surface area (Å²) in [6.45, 7) is 1.45. The van der Waals surface area contributed by atoms with Crippen molar-refractivity contribution >= 4 is 40.5 Å². The summed E-state index contributed by atoms with van der Waals surface area (Å²) in [6, 6.07) is 0.0490. The topological polar surface area (TPSA) is 196 Å². The molecule has 6 rings (SSSR count). The molecule has 0 radical (unpaired) electrons. The Balaban J connectivity index is 0.00000240. The molecule has 14 nitrogen and oxygen atoms in total. The van der Waals surface area contributed by atoms with Crippen LogP contribution in [0.4, 0.5) is 14.9 Å². The van der Waals surface area contributed by atoms with E-state index in [1.807, 2.05) is 0 Å². The van der Waals surface area contributed by atoms with Crippen LogP contribution in [0.3, 0.4) is 0 Å². The van der Waals surface area contributed by atoms with E-state index in [9.17, 15) is 39.4 Å². The smallest absolute Gasteiger partial charge is 0.723 e. The van der Waals surface area contributed by atoms with Gasteiger partial charge in [0.05, 0.1) is 35.0 Å². The van der Waals surface area contributed by atoms with E-state index < -0.39 is 40.9 Å². The number of ether oxygens (including phenoxy) is 1. The van der Waals surface area contributed by atoms with Crippen LogP contribution < -0.4 is 79.8 Å². The van der Waals surface area contributed by atoms with E-state index in [0.29, 0.717) is 11.1 Å². The van der Waals surface area contributed by atoms with Crippen molar-refractivity contribution in [2.24, 2.45) is 5.92 Å². The number of H-pyrrole nitrogens is 1. The predicted octanol–water partition coefficient (Wildman–Crippen LogP) is -6.19. The first-order chi connectivity index (χ1) is 21.0. The van der Waals surface area contributed by atoms with Crippen molar-refractivity contribution in [3.63, 3.8) is 0 Å². The Kier molecular flexibility index (Phi) is 11.3. The van der Waals surface area contributed by atoms with Gasteiger partial charge in [-0.1, -0.05) is 6.92 Å². The fourth-order valence-electron chi connectivity index (χ4n) is 6.71. The first-order valence-corrected chi connectivity index (χ1v) is 14.3. The Morgan fingerprint density at radius 3 is 2.50 bits per heavy atom. The number of nitrogens with zero attached hydrogens (tertiary/aromatic N) is 3. The Bertz CT molecular complexity index is 1680. The van der Waals surface area contributed by atoms with Gasteiger partial charge in [-0.2, -0.15) is 0 Å². The summed E-state index contributed by atoms with van der Waals surface area (Å²) in [7, 11) is 0. The van der Waals surface area contributed by atoms with Crippen molar-refractivity contribution in [1.29, 1.82) is 0 Å². The van der Waals surface area contributed by atoms with Crippen LogP contribution in [0, 0.1) is 11.7 Å². The number of halogens is 1. The van der Waals surface area contributed by atoms with E-state index in [2.05, 4.69) is 9.87 Å². The SMILES string of the molecule is C[C@H]1C(COC(=O)N2CCN(c3c(F)cc4c(=O)c(C(=O)O)c[nH]c4c3C3CC3)C[C@H]2CCO[O-])=C(C(=O)[O-])N2C(=O)C[C@@H]12.[Na+].[Na+]. The van der Waals surface area contributed by atoms with Crippen LogP contribution >= 0.6 is 0 Å². The molecular weight excluding hydrogens is 629 g/mol. The zero-order chi connectivity index (χ0) is 31.4. The summed E-state index contributed by atoms with van der Waals surface area (Å²) in [4.78, 5) is 72.6. The van der Waals surface area contributed by atoms with Crippen LogP contribution in [0.5, 0.6) is 0 Å². The van der Waals surface area contributed by atoms with Gasteiger partial charge in [-0.25, -0.2) is 14.0 Å². The summed E-state index contributed by atoms with van der Waals surface area (Å²) in [5.74, 6) is -4.40. The minimum atomic E-state index is -1.53. The maximum atomic E-state index is 15.8. The molecule has 2 amide bonds. The summed E-state index contributed by atoms with van der Waals surface area (Å²) in [6.07, 6.45) is 2.12. The minimum Gasteiger partial charge on any atom is -0.723 e. The Hall–Kier alpha value is -2.50. The number of aromatic nitrogens is 1. The molecule has 0 unspecified atom stereocenters. The van der Waals surface area contributed by atoms with E-state index in [0.717, 1.165) is 25.1 Å². The first kappa shape index (κ1) is 36.3. The van der Waals surface area contributed by atoms with Gasteiger partial charge in [-0.15, -0.1) is 0 Å². The summed E-state index contributed by atoms with van der Waals surface area (Å²) in [5.41, 5.74) is -0.148. The number of nitrogens with one attached hydrogen (secondary N) is 1. The molecule has 3 aliphatic heterocycles. The molecule has 2 saturated heterocycles. The number of fused-ring (bicyclic) bond motifs is 2. The monoisotopic (exact) mass is 658 g/mol. The Labute approximate surface area is 306 Å². The number of carbonyl (C=O) groups excluding carboxylic acids is 3. The molecule has 3 fully saturated rings. The number of β-lactam (4-membered cyclic amide) rings is 1. The maximum absolute atomic E-state index is 15.8. The zero-order valence-corrected chi connectivity index (χ0v) is 29.7. The number of hydrogen-bond acceptors (Lipinski definition) is 10. The number of aliphatic carboxylic acids is 1. The van der Waals surface area contributed by atoms with Crippen molar-refractivity contribution in [3.05, 3.63) is 50.7 Å². The fourth-order valence-corrected chi connectivity index (χ4v) is 6.71. The minimum absolute atomic E-state index is 0. The third-order valence-corrected chi connectivity index (χ3v) is 9.13. The van der Waals surface area contributed by atoms with Crippen molar-refractivity contribution in [2.75, 3.05) is 37.7 Å². The predicted molar refractivity (Wildman–Crippen MR) is 145 cm³/mol. The average Bonchev–Trinajstić information content (AvgIpc) is 3.79. The van der Waals surface area contributed by atoms with Crippen molar-refractivity contribution < 1.29 is 108 Å². The first-order valence-electron chi connectivity index (χ1n) is 14.3. The van der Waals surface area contributed by atoms with Crippen LogP contribution in [0.25, 0.3) is 10.9 Å². The molecule has 1 aromatic heterocycles. The largest absolute Gasteiger partial charge is 1.00 e. The molecule has 2 aromatic rings. The fraction of sp³-hybridized carbons (Fsp3) is 0.483. The number of aromatic carboxylic acids is 1.